The third kappa shape index (κ3) is 2.46. The van der Waals surface area contributed by atoms with Gasteiger partial charge in [-0.15, -0.1) is 11.3 Å². The van der Waals surface area contributed by atoms with E-state index in [1.54, 1.807) is 17.4 Å². The highest BCUT2D eigenvalue weighted by Crippen LogP contribution is 2.34. The molecular weight excluding hydrogens is 274 g/mol. The SMILES string of the molecule is CCCc1ccc2cc(-c3ccc(F)c(F)c3)sc2c1. The first-order valence-corrected chi connectivity index (χ1v) is 7.47. The van der Waals surface area contributed by atoms with E-state index in [1.807, 2.05) is 6.07 Å². The largest absolute Gasteiger partial charge is 0.204 e. The van der Waals surface area contributed by atoms with Crippen LogP contribution in [0.3, 0.4) is 0 Å². The van der Waals surface area contributed by atoms with E-state index in [9.17, 15) is 8.78 Å². The third-order valence-electron chi connectivity index (χ3n) is 3.33. The van der Waals surface area contributed by atoms with Crippen LogP contribution in [-0.4, -0.2) is 0 Å². The molecule has 0 N–H and O–H groups in total. The first-order chi connectivity index (χ1) is 9.67. The number of hydrogen-bond acceptors (Lipinski definition) is 1. The summed E-state index contributed by atoms with van der Waals surface area (Å²) in [4.78, 5) is 0.965. The van der Waals surface area contributed by atoms with Crippen molar-refractivity contribution < 1.29 is 8.78 Å². The van der Waals surface area contributed by atoms with E-state index in [4.69, 9.17) is 0 Å². The second kappa shape index (κ2) is 5.33. The number of rotatable bonds is 3. The van der Waals surface area contributed by atoms with Crippen molar-refractivity contribution in [3.05, 3.63) is 59.7 Å². The summed E-state index contributed by atoms with van der Waals surface area (Å²) >= 11 is 1.62. The average molecular weight is 288 g/mol. The zero-order chi connectivity index (χ0) is 14.1. The van der Waals surface area contributed by atoms with Crippen LogP contribution in [0.4, 0.5) is 8.78 Å². The van der Waals surface area contributed by atoms with Crippen molar-refractivity contribution in [1.82, 2.24) is 0 Å². The van der Waals surface area contributed by atoms with Crippen molar-refractivity contribution >= 4 is 21.4 Å². The molecule has 0 bridgehead atoms. The van der Waals surface area contributed by atoms with Gasteiger partial charge >= 0.3 is 0 Å². The van der Waals surface area contributed by atoms with Crippen molar-refractivity contribution in [2.75, 3.05) is 0 Å². The molecule has 0 unspecified atom stereocenters. The second-order valence-electron chi connectivity index (χ2n) is 4.86. The first-order valence-electron chi connectivity index (χ1n) is 6.65. The van der Waals surface area contributed by atoms with Crippen LogP contribution in [0, 0.1) is 11.6 Å². The molecule has 0 fully saturated rings. The molecule has 3 heteroatoms. The first kappa shape index (κ1) is 13.3. The number of fused-ring (bicyclic) bond motifs is 1. The van der Waals surface area contributed by atoms with Gasteiger partial charge in [0, 0.05) is 9.58 Å². The predicted molar refractivity (Wildman–Crippen MR) is 81.2 cm³/mol. The van der Waals surface area contributed by atoms with Crippen molar-refractivity contribution in [2.45, 2.75) is 19.8 Å². The fraction of sp³-hybridized carbons (Fsp3) is 0.176. The Labute approximate surface area is 120 Å². The van der Waals surface area contributed by atoms with Gasteiger partial charge in [0.15, 0.2) is 11.6 Å². The Morgan fingerprint density at radius 1 is 0.950 bits per heavy atom. The zero-order valence-corrected chi connectivity index (χ0v) is 11.9. The van der Waals surface area contributed by atoms with E-state index in [2.05, 4.69) is 25.1 Å². The molecule has 102 valence electrons. The highest BCUT2D eigenvalue weighted by molar-refractivity contribution is 7.22. The summed E-state index contributed by atoms with van der Waals surface area (Å²) in [5.74, 6) is -1.60. The second-order valence-corrected chi connectivity index (χ2v) is 5.95. The summed E-state index contributed by atoms with van der Waals surface area (Å²) in [6, 6.07) is 12.5. The van der Waals surface area contributed by atoms with Crippen molar-refractivity contribution in [3.63, 3.8) is 0 Å². The molecule has 1 aromatic heterocycles. The number of halogens is 2. The molecule has 0 aliphatic carbocycles. The van der Waals surface area contributed by atoms with Crippen molar-refractivity contribution in [3.8, 4) is 10.4 Å². The Bertz CT molecular complexity index is 759. The summed E-state index contributed by atoms with van der Waals surface area (Å²) < 4.78 is 27.5. The normalized spacial score (nSPS) is 11.2. The maximum Gasteiger partial charge on any atom is 0.159 e. The minimum absolute atomic E-state index is 0.724. The summed E-state index contributed by atoms with van der Waals surface area (Å²) in [5, 5.41) is 1.15. The lowest BCUT2D eigenvalue weighted by atomic mass is 10.1. The Hall–Kier alpha value is -1.74. The molecule has 0 aliphatic heterocycles. The van der Waals surface area contributed by atoms with E-state index >= 15 is 0 Å². The van der Waals surface area contributed by atoms with E-state index in [-0.39, 0.29) is 0 Å². The smallest absolute Gasteiger partial charge is 0.159 e. The summed E-state index contributed by atoms with van der Waals surface area (Å²) in [5.41, 5.74) is 2.04. The lowest BCUT2D eigenvalue weighted by Gasteiger charge is -1.98. The molecule has 0 saturated carbocycles. The van der Waals surface area contributed by atoms with E-state index in [0.717, 1.165) is 28.7 Å². The zero-order valence-electron chi connectivity index (χ0n) is 11.1. The predicted octanol–water partition coefficient (Wildman–Crippen LogP) is 5.80. The molecule has 0 atom stereocenters. The number of thiophene rings is 1. The molecule has 3 aromatic rings. The number of benzene rings is 2. The van der Waals surface area contributed by atoms with Gasteiger partial charge in [0.05, 0.1) is 0 Å². The fourth-order valence-corrected chi connectivity index (χ4v) is 3.43. The number of hydrogen-bond donors (Lipinski definition) is 0. The monoisotopic (exact) mass is 288 g/mol. The Kier molecular flexibility index (Phi) is 3.53. The van der Waals surface area contributed by atoms with Gasteiger partial charge in [0.2, 0.25) is 0 Å². The van der Waals surface area contributed by atoms with Gasteiger partial charge in [-0.3, -0.25) is 0 Å². The van der Waals surface area contributed by atoms with Crippen LogP contribution >= 0.6 is 11.3 Å². The molecule has 1 heterocycles. The van der Waals surface area contributed by atoms with Gasteiger partial charge in [-0.2, -0.15) is 0 Å². The van der Waals surface area contributed by atoms with Crippen LogP contribution in [0.5, 0.6) is 0 Å². The Morgan fingerprint density at radius 3 is 2.55 bits per heavy atom. The van der Waals surface area contributed by atoms with Crippen LogP contribution in [0.15, 0.2) is 42.5 Å². The molecule has 20 heavy (non-hydrogen) atoms. The van der Waals surface area contributed by atoms with Crippen LogP contribution in [0.2, 0.25) is 0 Å². The Balaban J connectivity index is 2.05. The van der Waals surface area contributed by atoms with Gasteiger partial charge in [0.1, 0.15) is 0 Å². The molecule has 0 radical (unpaired) electrons. The van der Waals surface area contributed by atoms with Crippen molar-refractivity contribution in [2.24, 2.45) is 0 Å². The standard InChI is InChI=1S/C17H14F2S/c1-2-3-11-4-5-13-10-17(20-16(13)8-11)12-6-7-14(18)15(19)9-12/h4-10H,2-3H2,1H3. The van der Waals surface area contributed by atoms with Gasteiger partial charge in [-0.25, -0.2) is 8.78 Å². The quantitative estimate of drug-likeness (QED) is 0.571. The summed E-state index contributed by atoms with van der Waals surface area (Å²) in [7, 11) is 0. The summed E-state index contributed by atoms with van der Waals surface area (Å²) in [6.45, 7) is 2.16. The minimum atomic E-state index is -0.805. The molecule has 0 saturated heterocycles. The lowest BCUT2D eigenvalue weighted by molar-refractivity contribution is 0.509. The maximum absolute atomic E-state index is 13.3. The molecule has 2 aromatic carbocycles. The van der Waals surface area contributed by atoms with Gasteiger partial charge in [-0.1, -0.05) is 31.5 Å². The topological polar surface area (TPSA) is 0 Å². The van der Waals surface area contributed by atoms with E-state index < -0.39 is 11.6 Å². The minimum Gasteiger partial charge on any atom is -0.204 e. The summed E-state index contributed by atoms with van der Waals surface area (Å²) in [6.07, 6.45) is 2.18. The molecule has 0 aliphatic rings. The fourth-order valence-electron chi connectivity index (χ4n) is 2.31. The van der Waals surface area contributed by atoms with Crippen molar-refractivity contribution in [1.29, 1.82) is 0 Å². The molecule has 3 rings (SSSR count). The van der Waals surface area contributed by atoms with Gasteiger partial charge < -0.3 is 0 Å². The van der Waals surface area contributed by atoms with Crippen LogP contribution in [-0.2, 0) is 6.42 Å². The van der Waals surface area contributed by atoms with Gasteiger partial charge in [0.25, 0.3) is 0 Å². The highest BCUT2D eigenvalue weighted by atomic mass is 32.1. The Morgan fingerprint density at radius 2 is 1.80 bits per heavy atom. The van der Waals surface area contributed by atoms with Crippen LogP contribution < -0.4 is 0 Å². The highest BCUT2D eigenvalue weighted by Gasteiger charge is 2.08. The molecule has 0 amide bonds. The molecule has 0 nitrogen and oxygen atoms in total. The molecular formula is C17H14F2S. The number of aryl methyl sites for hydroxylation is 1. The average Bonchev–Trinajstić information content (AvgIpc) is 2.85. The van der Waals surface area contributed by atoms with Crippen LogP contribution in [0.25, 0.3) is 20.5 Å². The lowest BCUT2D eigenvalue weighted by Crippen LogP contribution is -1.83. The van der Waals surface area contributed by atoms with Crippen LogP contribution in [0.1, 0.15) is 18.9 Å². The van der Waals surface area contributed by atoms with E-state index in [1.165, 1.54) is 22.4 Å². The molecule has 0 spiro atoms. The van der Waals surface area contributed by atoms with Gasteiger partial charge in [-0.05, 0) is 47.2 Å². The van der Waals surface area contributed by atoms with E-state index in [0.29, 0.717) is 0 Å². The maximum atomic E-state index is 13.3. The third-order valence-corrected chi connectivity index (χ3v) is 4.47.